The number of hydrogen-bond donors (Lipinski definition) is 2. The van der Waals surface area contributed by atoms with Gasteiger partial charge in [0.1, 0.15) is 24.0 Å². The van der Waals surface area contributed by atoms with Crippen molar-refractivity contribution >= 4 is 17.3 Å². The van der Waals surface area contributed by atoms with Crippen LogP contribution in [-0.4, -0.2) is 12.5 Å². The first kappa shape index (κ1) is 19.8. The van der Waals surface area contributed by atoms with Crippen molar-refractivity contribution in [3.05, 3.63) is 89.5 Å². The van der Waals surface area contributed by atoms with Crippen LogP contribution in [0.1, 0.15) is 11.1 Å². The number of hydrogen-bond acceptors (Lipinski definition) is 4. The summed E-state index contributed by atoms with van der Waals surface area (Å²) in [4.78, 5) is 12.0. The predicted molar refractivity (Wildman–Crippen MR) is 105 cm³/mol. The number of nitriles is 1. The summed E-state index contributed by atoms with van der Waals surface area (Å²) in [5.41, 5.74) is 1.98. The lowest BCUT2D eigenvalue weighted by molar-refractivity contribution is -0.114. The highest BCUT2D eigenvalue weighted by Gasteiger charge is 2.08. The lowest BCUT2D eigenvalue weighted by atomic mass is 10.1. The lowest BCUT2D eigenvalue weighted by Crippen LogP contribution is -2.22. The van der Waals surface area contributed by atoms with Crippen LogP contribution in [0.4, 0.5) is 20.2 Å². The summed E-state index contributed by atoms with van der Waals surface area (Å²) >= 11 is 0. The highest BCUT2D eigenvalue weighted by Crippen LogP contribution is 2.19. The predicted octanol–water partition coefficient (Wildman–Crippen LogP) is 4.47. The van der Waals surface area contributed by atoms with Crippen molar-refractivity contribution in [2.45, 2.75) is 6.61 Å². The number of nitrogens with zero attached hydrogens (tertiary/aromatic N) is 1. The zero-order valence-corrected chi connectivity index (χ0v) is 15.3. The summed E-state index contributed by atoms with van der Waals surface area (Å²) in [6, 6.07) is 19.2. The zero-order chi connectivity index (χ0) is 20.6. The highest BCUT2D eigenvalue weighted by atomic mass is 19.1. The highest BCUT2D eigenvalue weighted by molar-refractivity contribution is 5.93. The van der Waals surface area contributed by atoms with Crippen LogP contribution in [0.3, 0.4) is 0 Å². The Hall–Kier alpha value is -3.92. The Morgan fingerprint density at radius 3 is 2.66 bits per heavy atom. The molecule has 0 unspecified atom stereocenters. The quantitative estimate of drug-likeness (QED) is 0.621. The molecule has 0 saturated heterocycles. The molecule has 3 rings (SSSR count). The third-order valence-corrected chi connectivity index (χ3v) is 3.95. The van der Waals surface area contributed by atoms with E-state index >= 15 is 0 Å². The van der Waals surface area contributed by atoms with Crippen LogP contribution in [0.25, 0.3) is 0 Å². The van der Waals surface area contributed by atoms with Gasteiger partial charge in [0.15, 0.2) is 0 Å². The minimum atomic E-state index is -0.839. The normalized spacial score (nSPS) is 10.1. The maximum Gasteiger partial charge on any atom is 0.243 e. The molecule has 3 aromatic carbocycles. The van der Waals surface area contributed by atoms with E-state index in [0.29, 0.717) is 29.7 Å². The van der Waals surface area contributed by atoms with Gasteiger partial charge in [0.2, 0.25) is 5.91 Å². The summed E-state index contributed by atoms with van der Waals surface area (Å²) in [5, 5.41) is 14.2. The molecule has 5 nitrogen and oxygen atoms in total. The zero-order valence-electron chi connectivity index (χ0n) is 15.3. The molecule has 2 N–H and O–H groups in total. The van der Waals surface area contributed by atoms with Crippen LogP contribution in [0.2, 0.25) is 0 Å². The van der Waals surface area contributed by atoms with Crippen molar-refractivity contribution in [3.8, 4) is 11.8 Å². The fraction of sp³-hybridized carbons (Fsp3) is 0.0909. The Morgan fingerprint density at radius 1 is 1.03 bits per heavy atom. The van der Waals surface area contributed by atoms with Gasteiger partial charge in [0, 0.05) is 17.8 Å². The van der Waals surface area contributed by atoms with Crippen molar-refractivity contribution in [3.63, 3.8) is 0 Å². The number of rotatable bonds is 7. The van der Waals surface area contributed by atoms with Gasteiger partial charge in [-0.25, -0.2) is 8.78 Å². The molecule has 7 heteroatoms. The lowest BCUT2D eigenvalue weighted by Gasteiger charge is -2.11. The molecule has 0 aliphatic heterocycles. The number of carbonyl (C=O) groups excluding carboxylic acids is 1. The van der Waals surface area contributed by atoms with Gasteiger partial charge in [-0.15, -0.1) is 0 Å². The molecule has 0 aliphatic carbocycles. The number of amides is 1. The topological polar surface area (TPSA) is 74.1 Å². The maximum atomic E-state index is 13.6. The van der Waals surface area contributed by atoms with Crippen LogP contribution in [0.15, 0.2) is 66.7 Å². The molecule has 0 saturated carbocycles. The van der Waals surface area contributed by atoms with E-state index in [0.717, 1.165) is 11.6 Å². The third kappa shape index (κ3) is 5.78. The summed E-state index contributed by atoms with van der Waals surface area (Å²) in [7, 11) is 0. The molecule has 0 aromatic heterocycles. The van der Waals surface area contributed by atoms with E-state index < -0.39 is 17.5 Å². The summed E-state index contributed by atoms with van der Waals surface area (Å²) in [6.07, 6.45) is 0. The van der Waals surface area contributed by atoms with Crippen LogP contribution in [0, 0.1) is 23.0 Å². The fourth-order valence-electron chi connectivity index (χ4n) is 2.56. The Balaban J connectivity index is 1.54. The average Bonchev–Trinajstić information content (AvgIpc) is 2.73. The summed E-state index contributed by atoms with van der Waals surface area (Å²) in [5.74, 6) is -1.44. The molecule has 1 amide bonds. The Kier molecular flexibility index (Phi) is 6.38. The van der Waals surface area contributed by atoms with E-state index in [1.54, 1.807) is 42.5 Å². The number of carbonyl (C=O) groups is 1. The molecule has 29 heavy (non-hydrogen) atoms. The van der Waals surface area contributed by atoms with Crippen molar-refractivity contribution in [1.82, 2.24) is 0 Å². The van der Waals surface area contributed by atoms with E-state index in [9.17, 15) is 13.6 Å². The minimum absolute atomic E-state index is 0.0881. The van der Waals surface area contributed by atoms with E-state index in [4.69, 9.17) is 10.00 Å². The van der Waals surface area contributed by atoms with Gasteiger partial charge in [-0.2, -0.15) is 5.26 Å². The van der Waals surface area contributed by atoms with Gasteiger partial charge < -0.3 is 15.4 Å². The molecule has 3 aromatic rings. The van der Waals surface area contributed by atoms with Gasteiger partial charge in [-0.1, -0.05) is 18.2 Å². The Labute approximate surface area is 166 Å². The number of ether oxygens (including phenoxy) is 1. The molecule has 0 fully saturated rings. The molecular formula is C22H17F2N3O2. The second-order valence-electron chi connectivity index (χ2n) is 6.15. The minimum Gasteiger partial charge on any atom is -0.489 e. The molecule has 0 aliphatic rings. The Morgan fingerprint density at radius 2 is 1.86 bits per heavy atom. The molecule has 0 atom stereocenters. The number of benzene rings is 3. The van der Waals surface area contributed by atoms with Gasteiger partial charge in [0.25, 0.3) is 0 Å². The number of halogens is 2. The average molecular weight is 393 g/mol. The molecule has 0 radical (unpaired) electrons. The second kappa shape index (κ2) is 9.33. The number of nitrogens with one attached hydrogen (secondary N) is 2. The first-order valence-corrected chi connectivity index (χ1v) is 8.74. The molecular weight excluding hydrogens is 376 g/mol. The second-order valence-corrected chi connectivity index (χ2v) is 6.15. The van der Waals surface area contributed by atoms with Crippen molar-refractivity contribution < 1.29 is 18.3 Å². The van der Waals surface area contributed by atoms with Gasteiger partial charge in [0.05, 0.1) is 23.9 Å². The standard InChI is InChI=1S/C22H17F2N3O2/c23-17-7-8-21(20(24)10-17)27-22(28)13-26-18-5-2-6-19(11-18)29-14-16-4-1-3-15(9-16)12-25/h1-11,26H,13-14H2,(H,27,28). The van der Waals surface area contributed by atoms with Gasteiger partial charge in [-0.3, -0.25) is 4.79 Å². The molecule has 0 spiro atoms. The Bertz CT molecular complexity index is 1060. The molecule has 0 bridgehead atoms. The van der Waals surface area contributed by atoms with E-state index in [2.05, 4.69) is 16.7 Å². The van der Waals surface area contributed by atoms with Crippen LogP contribution >= 0.6 is 0 Å². The molecule has 146 valence electrons. The first-order chi connectivity index (χ1) is 14.0. The molecule has 0 heterocycles. The monoisotopic (exact) mass is 393 g/mol. The van der Waals surface area contributed by atoms with Crippen LogP contribution in [0.5, 0.6) is 5.75 Å². The smallest absolute Gasteiger partial charge is 0.243 e. The summed E-state index contributed by atoms with van der Waals surface area (Å²) in [6.45, 7) is 0.188. The van der Waals surface area contributed by atoms with Crippen molar-refractivity contribution in [1.29, 1.82) is 5.26 Å². The SMILES string of the molecule is N#Cc1cccc(COc2cccc(NCC(=O)Nc3ccc(F)cc3F)c2)c1. The first-order valence-electron chi connectivity index (χ1n) is 8.74. The van der Waals surface area contributed by atoms with Gasteiger partial charge >= 0.3 is 0 Å². The largest absolute Gasteiger partial charge is 0.489 e. The van der Waals surface area contributed by atoms with E-state index in [-0.39, 0.29) is 12.2 Å². The van der Waals surface area contributed by atoms with E-state index in [1.807, 2.05) is 6.07 Å². The van der Waals surface area contributed by atoms with E-state index in [1.165, 1.54) is 6.07 Å². The fourth-order valence-corrected chi connectivity index (χ4v) is 2.56. The summed E-state index contributed by atoms with van der Waals surface area (Å²) < 4.78 is 32.2. The maximum absolute atomic E-state index is 13.6. The third-order valence-electron chi connectivity index (χ3n) is 3.95. The van der Waals surface area contributed by atoms with Crippen LogP contribution < -0.4 is 15.4 Å². The van der Waals surface area contributed by atoms with Crippen molar-refractivity contribution in [2.75, 3.05) is 17.2 Å². The van der Waals surface area contributed by atoms with Crippen LogP contribution in [-0.2, 0) is 11.4 Å². The number of anilines is 2. The van der Waals surface area contributed by atoms with Gasteiger partial charge in [-0.05, 0) is 42.0 Å². The van der Waals surface area contributed by atoms with Crippen molar-refractivity contribution in [2.24, 2.45) is 0 Å².